The van der Waals surface area contributed by atoms with Crippen LogP contribution in [0, 0.1) is 0 Å². The molecular formula is C18H18N2OP2. The van der Waals surface area contributed by atoms with Gasteiger partial charge in [0.1, 0.15) is 0 Å². The summed E-state index contributed by atoms with van der Waals surface area (Å²) in [5.41, 5.74) is 4.91. The highest BCUT2D eigenvalue weighted by atomic mass is 31.0. The maximum absolute atomic E-state index is 12.1. The van der Waals surface area contributed by atoms with Crippen LogP contribution in [-0.4, -0.2) is 10.9 Å². The number of hydrogen-bond donors (Lipinski definition) is 2. The summed E-state index contributed by atoms with van der Waals surface area (Å²) in [5, 5.41) is 6.56. The van der Waals surface area contributed by atoms with Crippen molar-refractivity contribution in [3.63, 3.8) is 0 Å². The Morgan fingerprint density at radius 1 is 1.00 bits per heavy atom. The maximum Gasteiger partial charge on any atom is 0.252 e. The molecule has 0 spiro atoms. The van der Waals surface area contributed by atoms with E-state index in [0.717, 1.165) is 27.8 Å². The highest BCUT2D eigenvalue weighted by Gasteiger charge is 2.35. The second kappa shape index (κ2) is 4.90. The predicted octanol–water partition coefficient (Wildman–Crippen LogP) is 2.81. The third kappa shape index (κ3) is 2.23. The summed E-state index contributed by atoms with van der Waals surface area (Å²) in [6, 6.07) is 10.4. The molecule has 2 heterocycles. The Morgan fingerprint density at radius 2 is 1.74 bits per heavy atom. The normalized spacial score (nSPS) is 15.7. The summed E-state index contributed by atoms with van der Waals surface area (Å²) in [4.78, 5) is 15.4. The van der Waals surface area contributed by atoms with Crippen LogP contribution in [0.4, 0.5) is 0 Å². The molecular weight excluding hydrogens is 322 g/mol. The summed E-state index contributed by atoms with van der Waals surface area (Å²) in [6.07, 6.45) is 2.04. The molecule has 2 aromatic carbocycles. The minimum absolute atomic E-state index is 0.00960. The molecule has 1 aliphatic rings. The molecule has 3 aromatic rings. The first-order valence-electron chi connectivity index (χ1n) is 7.50. The molecule has 0 fully saturated rings. The third-order valence-electron chi connectivity index (χ3n) is 4.56. The molecule has 0 aliphatic carbocycles. The van der Waals surface area contributed by atoms with E-state index in [1.807, 2.05) is 32.2 Å². The monoisotopic (exact) mass is 340 g/mol. The van der Waals surface area contributed by atoms with Gasteiger partial charge in [-0.15, -0.1) is 18.5 Å². The van der Waals surface area contributed by atoms with E-state index in [1.165, 1.54) is 16.0 Å². The fourth-order valence-corrected chi connectivity index (χ4v) is 3.79. The number of carbonyl (C=O) groups is 1. The SMILES string of the molecule is CC1(C)NC(=O)c2ccc(-c3c[nH]c4cc(P)c(P)cc34)cc21. The number of aromatic nitrogens is 1. The number of nitrogens with one attached hydrogen (secondary N) is 2. The van der Waals surface area contributed by atoms with Gasteiger partial charge >= 0.3 is 0 Å². The number of H-pyrrole nitrogens is 1. The van der Waals surface area contributed by atoms with Crippen molar-refractivity contribution in [2.24, 2.45) is 0 Å². The van der Waals surface area contributed by atoms with Crippen molar-refractivity contribution < 1.29 is 4.79 Å². The Morgan fingerprint density at radius 3 is 2.52 bits per heavy atom. The lowest BCUT2D eigenvalue weighted by Gasteiger charge is -2.19. The van der Waals surface area contributed by atoms with E-state index in [2.05, 4.69) is 47.0 Å². The van der Waals surface area contributed by atoms with Crippen molar-refractivity contribution in [3.8, 4) is 11.1 Å². The topological polar surface area (TPSA) is 44.9 Å². The standard InChI is InChI=1S/C18H18N2OP2/c1-18(2)13-5-9(3-4-10(13)17(21)20-18)12-8-19-14-7-16(23)15(22)6-11(12)14/h3-8,19H,22-23H2,1-2H3,(H,20,21). The van der Waals surface area contributed by atoms with Gasteiger partial charge in [0.2, 0.25) is 0 Å². The molecule has 1 aliphatic heterocycles. The van der Waals surface area contributed by atoms with E-state index in [0.29, 0.717) is 0 Å². The Labute approximate surface area is 139 Å². The largest absolute Gasteiger partial charge is 0.361 e. The molecule has 0 saturated heterocycles. The first-order valence-corrected chi connectivity index (χ1v) is 8.66. The Balaban J connectivity index is 1.93. The van der Waals surface area contributed by atoms with Crippen molar-refractivity contribution in [2.75, 3.05) is 0 Å². The van der Waals surface area contributed by atoms with Gasteiger partial charge in [0.15, 0.2) is 0 Å². The molecule has 0 radical (unpaired) electrons. The van der Waals surface area contributed by atoms with Gasteiger partial charge in [-0.25, -0.2) is 0 Å². The van der Waals surface area contributed by atoms with Gasteiger partial charge in [0.25, 0.3) is 5.91 Å². The summed E-state index contributed by atoms with van der Waals surface area (Å²) in [7, 11) is 5.53. The van der Waals surface area contributed by atoms with E-state index in [9.17, 15) is 4.79 Å². The van der Waals surface area contributed by atoms with Gasteiger partial charge in [-0.3, -0.25) is 4.79 Å². The molecule has 1 amide bonds. The van der Waals surface area contributed by atoms with Crippen LogP contribution in [0.15, 0.2) is 36.5 Å². The van der Waals surface area contributed by atoms with Gasteiger partial charge in [0.05, 0.1) is 5.54 Å². The van der Waals surface area contributed by atoms with E-state index < -0.39 is 0 Å². The number of aromatic amines is 1. The highest BCUT2D eigenvalue weighted by Crippen LogP contribution is 2.36. The van der Waals surface area contributed by atoms with Gasteiger partial charge in [-0.05, 0) is 59.8 Å². The van der Waals surface area contributed by atoms with Crippen LogP contribution in [-0.2, 0) is 5.54 Å². The number of carbonyl (C=O) groups excluding carboxylic acids is 1. The van der Waals surface area contributed by atoms with Crippen LogP contribution in [0.1, 0.15) is 29.8 Å². The molecule has 1 aromatic heterocycles. The maximum atomic E-state index is 12.1. The van der Waals surface area contributed by atoms with Crippen LogP contribution in [0.5, 0.6) is 0 Å². The van der Waals surface area contributed by atoms with Gasteiger partial charge < -0.3 is 10.3 Å². The molecule has 4 rings (SSSR count). The van der Waals surface area contributed by atoms with E-state index in [1.54, 1.807) is 0 Å². The van der Waals surface area contributed by atoms with Crippen molar-refractivity contribution in [3.05, 3.63) is 47.7 Å². The van der Waals surface area contributed by atoms with Crippen molar-refractivity contribution in [1.82, 2.24) is 10.3 Å². The summed E-state index contributed by atoms with van der Waals surface area (Å²) in [5.74, 6) is 0.00960. The number of hydrogen-bond acceptors (Lipinski definition) is 1. The average Bonchev–Trinajstić information content (AvgIpc) is 2.98. The molecule has 2 atom stereocenters. The second-order valence-electron chi connectivity index (χ2n) is 6.57. The van der Waals surface area contributed by atoms with E-state index in [-0.39, 0.29) is 11.4 Å². The fraction of sp³-hybridized carbons (Fsp3) is 0.167. The molecule has 116 valence electrons. The molecule has 3 nitrogen and oxygen atoms in total. The number of amides is 1. The number of rotatable bonds is 1. The molecule has 2 unspecified atom stereocenters. The molecule has 2 N–H and O–H groups in total. The zero-order chi connectivity index (χ0) is 16.4. The minimum Gasteiger partial charge on any atom is -0.361 e. The smallest absolute Gasteiger partial charge is 0.252 e. The van der Waals surface area contributed by atoms with Gasteiger partial charge in [-0.2, -0.15) is 0 Å². The van der Waals surface area contributed by atoms with Gasteiger partial charge in [-0.1, -0.05) is 6.07 Å². The number of benzene rings is 2. The van der Waals surface area contributed by atoms with Crippen LogP contribution in [0.25, 0.3) is 22.0 Å². The quantitative estimate of drug-likeness (QED) is 0.658. The van der Waals surface area contributed by atoms with Crippen LogP contribution >= 0.6 is 18.5 Å². The Hall–Kier alpha value is -1.69. The fourth-order valence-electron chi connectivity index (χ4n) is 3.29. The van der Waals surface area contributed by atoms with Crippen LogP contribution in [0.2, 0.25) is 0 Å². The zero-order valence-corrected chi connectivity index (χ0v) is 15.3. The minimum atomic E-state index is -0.326. The Bertz CT molecular complexity index is 973. The number of fused-ring (bicyclic) bond motifs is 2. The van der Waals surface area contributed by atoms with Crippen LogP contribution < -0.4 is 15.9 Å². The van der Waals surface area contributed by atoms with Crippen molar-refractivity contribution in [2.45, 2.75) is 19.4 Å². The second-order valence-corrected chi connectivity index (χ2v) is 7.81. The molecule has 23 heavy (non-hydrogen) atoms. The lowest BCUT2D eigenvalue weighted by Crippen LogP contribution is -2.32. The molecule has 0 saturated carbocycles. The average molecular weight is 340 g/mol. The lowest BCUT2D eigenvalue weighted by atomic mass is 9.91. The van der Waals surface area contributed by atoms with E-state index in [4.69, 9.17) is 0 Å². The molecule has 0 bridgehead atoms. The molecule has 5 heteroatoms. The van der Waals surface area contributed by atoms with Crippen LogP contribution in [0.3, 0.4) is 0 Å². The van der Waals surface area contributed by atoms with Gasteiger partial charge in [0, 0.05) is 28.2 Å². The predicted molar refractivity (Wildman–Crippen MR) is 103 cm³/mol. The zero-order valence-electron chi connectivity index (χ0n) is 13.0. The lowest BCUT2D eigenvalue weighted by molar-refractivity contribution is 0.0940. The highest BCUT2D eigenvalue weighted by molar-refractivity contribution is 7.35. The Kier molecular flexibility index (Phi) is 3.17. The van der Waals surface area contributed by atoms with E-state index >= 15 is 0 Å². The summed E-state index contributed by atoms with van der Waals surface area (Å²) >= 11 is 0. The summed E-state index contributed by atoms with van der Waals surface area (Å²) < 4.78 is 0. The first kappa shape index (κ1) is 14.9. The van der Waals surface area contributed by atoms with Crippen molar-refractivity contribution >= 4 is 45.9 Å². The van der Waals surface area contributed by atoms with Crippen molar-refractivity contribution in [1.29, 1.82) is 0 Å². The first-order chi connectivity index (χ1) is 10.9. The summed E-state index contributed by atoms with van der Waals surface area (Å²) in [6.45, 7) is 4.08. The third-order valence-corrected chi connectivity index (χ3v) is 5.89.